The molecule has 28 heavy (non-hydrogen) atoms. The second kappa shape index (κ2) is 7.95. The van der Waals surface area contributed by atoms with E-state index in [4.69, 9.17) is 0 Å². The smallest absolute Gasteiger partial charge is 0.243 e. The van der Waals surface area contributed by atoms with Crippen molar-refractivity contribution in [3.63, 3.8) is 0 Å². The topological polar surface area (TPSA) is 88.9 Å². The van der Waals surface area contributed by atoms with Gasteiger partial charge in [-0.2, -0.15) is 0 Å². The van der Waals surface area contributed by atoms with Gasteiger partial charge in [-0.05, 0) is 50.7 Å². The summed E-state index contributed by atoms with van der Waals surface area (Å²) in [6, 6.07) is 6.35. The molecule has 7 nitrogen and oxygen atoms in total. The number of nitrogens with zero attached hydrogens (tertiary/aromatic N) is 3. The lowest BCUT2D eigenvalue weighted by molar-refractivity contribution is -0.122. The summed E-state index contributed by atoms with van der Waals surface area (Å²) in [4.78, 5) is 24.4. The first-order chi connectivity index (χ1) is 13.5. The summed E-state index contributed by atoms with van der Waals surface area (Å²) in [5.74, 6) is 1.45. The maximum absolute atomic E-state index is 12.2. The van der Waals surface area contributed by atoms with Crippen molar-refractivity contribution in [2.24, 2.45) is 0 Å². The number of hydrogen-bond acceptors (Lipinski definition) is 5. The number of benzene rings is 1. The molecule has 1 aromatic heterocycles. The van der Waals surface area contributed by atoms with Crippen LogP contribution in [0.15, 0.2) is 23.4 Å². The number of nitrogens with one attached hydrogen (secondary N) is 2. The molecule has 2 aromatic rings. The van der Waals surface area contributed by atoms with E-state index in [0.717, 1.165) is 40.6 Å². The zero-order valence-electron chi connectivity index (χ0n) is 16.2. The highest BCUT2D eigenvalue weighted by molar-refractivity contribution is 7.99. The number of thioether (sulfide) groups is 1. The van der Waals surface area contributed by atoms with E-state index in [1.165, 1.54) is 24.6 Å². The van der Waals surface area contributed by atoms with Gasteiger partial charge in [0, 0.05) is 17.6 Å². The van der Waals surface area contributed by atoms with Gasteiger partial charge in [-0.1, -0.05) is 30.0 Å². The predicted molar refractivity (Wildman–Crippen MR) is 109 cm³/mol. The molecule has 2 N–H and O–H groups in total. The van der Waals surface area contributed by atoms with E-state index in [-0.39, 0.29) is 24.1 Å². The van der Waals surface area contributed by atoms with Crippen LogP contribution in [0.4, 0.5) is 5.69 Å². The first-order valence-corrected chi connectivity index (χ1v) is 10.7. The van der Waals surface area contributed by atoms with Gasteiger partial charge >= 0.3 is 0 Å². The number of carbonyl (C=O) groups is 2. The first kappa shape index (κ1) is 19.0. The van der Waals surface area contributed by atoms with Crippen LogP contribution in [0.1, 0.15) is 54.6 Å². The molecule has 2 amide bonds. The third-order valence-electron chi connectivity index (χ3n) is 5.07. The van der Waals surface area contributed by atoms with Crippen LogP contribution in [0.25, 0.3) is 0 Å². The van der Waals surface area contributed by atoms with E-state index in [1.807, 2.05) is 32.0 Å². The zero-order chi connectivity index (χ0) is 19.7. The lowest BCUT2D eigenvalue weighted by Crippen LogP contribution is -2.34. The predicted octanol–water partition coefficient (Wildman–Crippen LogP) is 2.95. The molecule has 8 heteroatoms. The van der Waals surface area contributed by atoms with Gasteiger partial charge in [0.15, 0.2) is 5.16 Å². The van der Waals surface area contributed by atoms with Crippen LogP contribution in [-0.4, -0.2) is 38.9 Å². The molecule has 0 bridgehead atoms. The van der Waals surface area contributed by atoms with Gasteiger partial charge in [0.1, 0.15) is 5.82 Å². The van der Waals surface area contributed by atoms with Crippen LogP contribution >= 0.6 is 11.8 Å². The molecule has 2 aliphatic rings. The second-order valence-corrected chi connectivity index (χ2v) is 8.54. The summed E-state index contributed by atoms with van der Waals surface area (Å²) >= 11 is 1.40. The second-order valence-electron chi connectivity index (χ2n) is 7.60. The Morgan fingerprint density at radius 2 is 1.82 bits per heavy atom. The van der Waals surface area contributed by atoms with Crippen LogP contribution in [0.3, 0.4) is 0 Å². The lowest BCUT2D eigenvalue weighted by atomic mass is 10.1. The van der Waals surface area contributed by atoms with E-state index in [1.54, 1.807) is 0 Å². The number of anilines is 1. The van der Waals surface area contributed by atoms with E-state index in [9.17, 15) is 9.59 Å². The van der Waals surface area contributed by atoms with Crippen LogP contribution in [0.5, 0.6) is 0 Å². The normalized spacial score (nSPS) is 16.1. The highest BCUT2D eigenvalue weighted by atomic mass is 32.2. The standard InChI is InChI=1S/C20H25N5O2S/c1-12-4-3-5-13(2)18(12)22-16(26)10-21-17(27)11-28-20-24-23-19(14-6-7-14)25(20)15-8-9-15/h3-5,14-15H,6-11H2,1-2H3,(H,21,27)(H,22,26). The van der Waals surface area contributed by atoms with Crippen LogP contribution in [0.2, 0.25) is 0 Å². The summed E-state index contributed by atoms with van der Waals surface area (Å²) < 4.78 is 2.23. The molecule has 2 saturated carbocycles. The third kappa shape index (κ3) is 4.38. The number of para-hydroxylation sites is 1. The molecular weight excluding hydrogens is 374 g/mol. The van der Waals surface area contributed by atoms with E-state index in [0.29, 0.717) is 12.0 Å². The van der Waals surface area contributed by atoms with Gasteiger partial charge < -0.3 is 15.2 Å². The van der Waals surface area contributed by atoms with Crippen molar-refractivity contribution in [1.82, 2.24) is 20.1 Å². The van der Waals surface area contributed by atoms with Crippen molar-refractivity contribution in [2.75, 3.05) is 17.6 Å². The fourth-order valence-electron chi connectivity index (χ4n) is 3.24. The summed E-state index contributed by atoms with van der Waals surface area (Å²) in [6.07, 6.45) is 4.70. The fraction of sp³-hybridized carbons (Fsp3) is 0.500. The SMILES string of the molecule is Cc1cccc(C)c1NC(=O)CNC(=O)CSc1nnc(C2CC2)n1C1CC1. The molecule has 4 rings (SSSR count). The van der Waals surface area contributed by atoms with Gasteiger partial charge in [0.25, 0.3) is 0 Å². The largest absolute Gasteiger partial charge is 0.346 e. The van der Waals surface area contributed by atoms with Gasteiger partial charge in [-0.15, -0.1) is 10.2 Å². The van der Waals surface area contributed by atoms with E-state index >= 15 is 0 Å². The average molecular weight is 400 g/mol. The van der Waals surface area contributed by atoms with Gasteiger partial charge in [0.05, 0.1) is 12.3 Å². The van der Waals surface area contributed by atoms with Crippen LogP contribution < -0.4 is 10.6 Å². The summed E-state index contributed by atoms with van der Waals surface area (Å²) in [5, 5.41) is 15.0. The van der Waals surface area contributed by atoms with Crippen molar-refractivity contribution in [3.05, 3.63) is 35.2 Å². The maximum atomic E-state index is 12.2. The maximum Gasteiger partial charge on any atom is 0.243 e. The molecule has 148 valence electrons. The Morgan fingerprint density at radius 3 is 2.46 bits per heavy atom. The Kier molecular flexibility index (Phi) is 5.39. The highest BCUT2D eigenvalue weighted by Gasteiger charge is 2.36. The van der Waals surface area contributed by atoms with Crippen molar-refractivity contribution in [1.29, 1.82) is 0 Å². The van der Waals surface area contributed by atoms with Crippen molar-refractivity contribution < 1.29 is 9.59 Å². The minimum absolute atomic E-state index is 0.0458. The Morgan fingerprint density at radius 1 is 1.11 bits per heavy atom. The molecule has 1 heterocycles. The lowest BCUT2D eigenvalue weighted by Gasteiger charge is -2.12. The summed E-state index contributed by atoms with van der Waals surface area (Å²) in [7, 11) is 0. The van der Waals surface area contributed by atoms with Gasteiger partial charge in [0.2, 0.25) is 11.8 Å². The van der Waals surface area contributed by atoms with Gasteiger partial charge in [-0.3, -0.25) is 9.59 Å². The number of aryl methyl sites for hydroxylation is 2. The van der Waals surface area contributed by atoms with Crippen molar-refractivity contribution in [3.8, 4) is 0 Å². The van der Waals surface area contributed by atoms with Gasteiger partial charge in [-0.25, -0.2) is 0 Å². The number of aromatic nitrogens is 3. The van der Waals surface area contributed by atoms with Crippen LogP contribution in [0, 0.1) is 13.8 Å². The minimum Gasteiger partial charge on any atom is -0.346 e. The molecule has 0 saturated heterocycles. The Balaban J connectivity index is 1.27. The monoisotopic (exact) mass is 399 g/mol. The Hall–Kier alpha value is -2.35. The minimum atomic E-state index is -0.229. The Bertz CT molecular complexity index is 882. The molecule has 1 aromatic carbocycles. The Labute approximate surface area is 168 Å². The molecule has 0 aliphatic heterocycles. The number of rotatable bonds is 8. The van der Waals surface area contributed by atoms with Crippen LogP contribution in [-0.2, 0) is 9.59 Å². The molecule has 0 radical (unpaired) electrons. The number of hydrogen-bond donors (Lipinski definition) is 2. The van der Waals surface area contributed by atoms with Crippen molar-refractivity contribution >= 4 is 29.3 Å². The van der Waals surface area contributed by atoms with E-state index < -0.39 is 0 Å². The highest BCUT2D eigenvalue weighted by Crippen LogP contribution is 2.45. The summed E-state index contributed by atoms with van der Waals surface area (Å²) in [6.45, 7) is 3.85. The zero-order valence-corrected chi connectivity index (χ0v) is 17.0. The molecule has 0 unspecified atom stereocenters. The fourth-order valence-corrected chi connectivity index (χ4v) is 4.08. The quantitative estimate of drug-likeness (QED) is 0.666. The average Bonchev–Trinajstić information content (AvgIpc) is 3.60. The van der Waals surface area contributed by atoms with Crippen molar-refractivity contribution in [2.45, 2.75) is 56.6 Å². The summed E-state index contributed by atoms with van der Waals surface area (Å²) in [5.41, 5.74) is 2.81. The third-order valence-corrected chi connectivity index (χ3v) is 6.01. The molecule has 0 atom stereocenters. The first-order valence-electron chi connectivity index (χ1n) is 9.73. The number of amides is 2. The molecular formula is C20H25N5O2S. The molecule has 2 fully saturated rings. The molecule has 2 aliphatic carbocycles. The number of carbonyl (C=O) groups excluding carboxylic acids is 2. The van der Waals surface area contributed by atoms with E-state index in [2.05, 4.69) is 25.4 Å². The molecule has 0 spiro atoms.